The van der Waals surface area contributed by atoms with Crippen molar-refractivity contribution in [1.29, 1.82) is 0 Å². The van der Waals surface area contributed by atoms with E-state index < -0.39 is 0 Å². The monoisotopic (exact) mass is 467 g/mol. The Kier molecular flexibility index (Phi) is 6.42. The molecule has 4 amide bonds. The number of hydrogen-bond acceptors (Lipinski definition) is 5. The maximum atomic E-state index is 13.2. The molecule has 3 fully saturated rings. The van der Waals surface area contributed by atoms with E-state index in [2.05, 4.69) is 6.92 Å². The van der Waals surface area contributed by atoms with E-state index in [0.29, 0.717) is 55.1 Å². The van der Waals surface area contributed by atoms with Crippen LogP contribution < -0.4 is 0 Å². The van der Waals surface area contributed by atoms with Gasteiger partial charge in [0.15, 0.2) is 0 Å². The summed E-state index contributed by atoms with van der Waals surface area (Å²) in [6.07, 6.45) is 5.11. The zero-order chi connectivity index (χ0) is 23.8. The van der Waals surface area contributed by atoms with Crippen molar-refractivity contribution in [3.05, 3.63) is 34.9 Å². The quantitative estimate of drug-likeness (QED) is 0.636. The minimum absolute atomic E-state index is 0.0250. The van der Waals surface area contributed by atoms with Crippen LogP contribution in [-0.2, 0) is 9.53 Å². The number of carbonyl (C=O) groups is 4. The molecule has 4 aliphatic rings. The summed E-state index contributed by atoms with van der Waals surface area (Å²) < 4.78 is 5.59. The molecule has 8 heteroatoms. The van der Waals surface area contributed by atoms with Gasteiger partial charge in [0, 0.05) is 44.3 Å². The maximum Gasteiger partial charge on any atom is 0.261 e. The third-order valence-electron chi connectivity index (χ3n) is 7.85. The van der Waals surface area contributed by atoms with Crippen LogP contribution in [0.5, 0.6) is 0 Å². The Balaban J connectivity index is 1.20. The molecular formula is C26H33N3O5. The summed E-state index contributed by atoms with van der Waals surface area (Å²) in [6.45, 7) is 5.87. The van der Waals surface area contributed by atoms with Gasteiger partial charge in [-0.15, -0.1) is 0 Å². The first kappa shape index (κ1) is 23.0. The molecule has 0 saturated carbocycles. The summed E-state index contributed by atoms with van der Waals surface area (Å²) in [5.74, 6) is 0.0562. The lowest BCUT2D eigenvalue weighted by atomic mass is 9.92. The molecule has 8 nitrogen and oxygen atoms in total. The Morgan fingerprint density at radius 3 is 2.26 bits per heavy atom. The number of likely N-dealkylation sites (tertiary alicyclic amines) is 2. The minimum atomic E-state index is -0.356. The van der Waals surface area contributed by atoms with Gasteiger partial charge in [-0.3, -0.25) is 24.1 Å². The van der Waals surface area contributed by atoms with Crippen molar-refractivity contribution in [1.82, 2.24) is 14.7 Å². The highest BCUT2D eigenvalue weighted by Gasteiger charge is 2.38. The summed E-state index contributed by atoms with van der Waals surface area (Å²) in [6, 6.07) is 4.78. The molecular weight excluding hydrogens is 434 g/mol. The molecule has 4 heterocycles. The van der Waals surface area contributed by atoms with Crippen LogP contribution in [0.4, 0.5) is 0 Å². The molecule has 0 aromatic heterocycles. The number of nitrogens with zero attached hydrogens (tertiary/aromatic N) is 3. The van der Waals surface area contributed by atoms with Crippen molar-refractivity contribution in [2.75, 3.05) is 39.3 Å². The van der Waals surface area contributed by atoms with Gasteiger partial charge < -0.3 is 14.5 Å². The average Bonchev–Trinajstić information content (AvgIpc) is 3.46. The summed E-state index contributed by atoms with van der Waals surface area (Å²) >= 11 is 0. The van der Waals surface area contributed by atoms with Gasteiger partial charge in [-0.1, -0.05) is 6.92 Å². The second kappa shape index (κ2) is 9.49. The second-order valence-corrected chi connectivity index (χ2v) is 10.2. The van der Waals surface area contributed by atoms with Gasteiger partial charge in [-0.25, -0.2) is 0 Å². The first-order valence-corrected chi connectivity index (χ1v) is 12.6. The number of rotatable bonds is 4. The molecule has 0 spiro atoms. The van der Waals surface area contributed by atoms with Crippen molar-refractivity contribution in [3.8, 4) is 0 Å². The maximum absolute atomic E-state index is 13.2. The number of benzene rings is 1. The molecule has 4 aliphatic heterocycles. The molecule has 3 saturated heterocycles. The SMILES string of the molecule is CC1CCN(C(=O)C2CCN(C(=O)c3ccc4c(c3)C(=O)N(CC3CCCO3)C4=O)CC2)CC1. The van der Waals surface area contributed by atoms with Crippen LogP contribution in [0.25, 0.3) is 0 Å². The van der Waals surface area contributed by atoms with Crippen molar-refractivity contribution in [2.45, 2.75) is 51.6 Å². The van der Waals surface area contributed by atoms with Crippen molar-refractivity contribution in [3.63, 3.8) is 0 Å². The highest BCUT2D eigenvalue weighted by molar-refractivity contribution is 6.22. The predicted molar refractivity (Wildman–Crippen MR) is 124 cm³/mol. The van der Waals surface area contributed by atoms with Crippen LogP contribution in [0.1, 0.15) is 76.5 Å². The van der Waals surface area contributed by atoms with Crippen molar-refractivity contribution >= 4 is 23.6 Å². The Hall–Kier alpha value is -2.74. The average molecular weight is 468 g/mol. The van der Waals surface area contributed by atoms with E-state index in [4.69, 9.17) is 4.74 Å². The Bertz CT molecular complexity index is 986. The fourth-order valence-electron chi connectivity index (χ4n) is 5.58. The number of carbonyl (C=O) groups excluding carboxylic acids is 4. The van der Waals surface area contributed by atoms with Crippen molar-refractivity contribution in [2.24, 2.45) is 11.8 Å². The van der Waals surface area contributed by atoms with Crippen LogP contribution in [0.15, 0.2) is 18.2 Å². The normalized spacial score (nSPS) is 24.1. The highest BCUT2D eigenvalue weighted by Crippen LogP contribution is 2.28. The predicted octanol–water partition coefficient (Wildman–Crippen LogP) is 2.57. The van der Waals surface area contributed by atoms with Crippen molar-refractivity contribution < 1.29 is 23.9 Å². The third kappa shape index (κ3) is 4.35. The summed E-state index contributed by atoms with van der Waals surface area (Å²) in [5, 5.41) is 0. The lowest BCUT2D eigenvalue weighted by Crippen LogP contribution is -2.46. The number of imide groups is 1. The van der Waals surface area contributed by atoms with Crippen LogP contribution in [0, 0.1) is 11.8 Å². The van der Waals surface area contributed by atoms with E-state index in [1.807, 2.05) is 4.90 Å². The van der Waals surface area contributed by atoms with Crippen LogP contribution in [0.2, 0.25) is 0 Å². The fraction of sp³-hybridized carbons (Fsp3) is 0.615. The summed E-state index contributed by atoms with van der Waals surface area (Å²) in [5.41, 5.74) is 1.05. The molecule has 34 heavy (non-hydrogen) atoms. The lowest BCUT2D eigenvalue weighted by Gasteiger charge is -2.36. The molecule has 0 bridgehead atoms. The van der Waals surface area contributed by atoms with Gasteiger partial charge in [0.2, 0.25) is 5.91 Å². The van der Waals surface area contributed by atoms with Gasteiger partial charge in [-0.2, -0.15) is 0 Å². The largest absolute Gasteiger partial charge is 0.376 e. The molecule has 0 radical (unpaired) electrons. The topological polar surface area (TPSA) is 87.2 Å². The van der Waals surface area contributed by atoms with E-state index >= 15 is 0 Å². The molecule has 0 aliphatic carbocycles. The van der Waals surface area contributed by atoms with Crippen LogP contribution >= 0.6 is 0 Å². The standard InChI is InChI=1S/C26H33N3O5/c1-17-6-10-27(11-7-17)23(30)18-8-12-28(13-9-18)24(31)19-4-5-21-22(15-19)26(33)29(25(21)32)16-20-3-2-14-34-20/h4-5,15,17-18,20H,2-3,6-14,16H2,1H3. The second-order valence-electron chi connectivity index (χ2n) is 10.2. The van der Waals surface area contributed by atoms with E-state index in [-0.39, 0.29) is 42.2 Å². The molecule has 0 N–H and O–H groups in total. The van der Waals surface area contributed by atoms with Gasteiger partial charge in [0.1, 0.15) is 0 Å². The number of hydrogen-bond donors (Lipinski definition) is 0. The zero-order valence-corrected chi connectivity index (χ0v) is 19.8. The number of fused-ring (bicyclic) bond motifs is 1. The third-order valence-corrected chi connectivity index (χ3v) is 7.85. The fourth-order valence-corrected chi connectivity index (χ4v) is 5.58. The highest BCUT2D eigenvalue weighted by atomic mass is 16.5. The zero-order valence-electron chi connectivity index (χ0n) is 19.8. The summed E-state index contributed by atoms with van der Waals surface area (Å²) in [7, 11) is 0. The van der Waals surface area contributed by atoms with E-state index in [9.17, 15) is 19.2 Å². The van der Waals surface area contributed by atoms with E-state index in [0.717, 1.165) is 38.8 Å². The van der Waals surface area contributed by atoms with E-state index in [1.54, 1.807) is 23.1 Å². The Morgan fingerprint density at radius 1 is 0.912 bits per heavy atom. The number of ether oxygens (including phenoxy) is 1. The minimum Gasteiger partial charge on any atom is -0.376 e. The van der Waals surface area contributed by atoms with Crippen LogP contribution in [0.3, 0.4) is 0 Å². The lowest BCUT2D eigenvalue weighted by molar-refractivity contribution is -0.138. The van der Waals surface area contributed by atoms with E-state index in [1.165, 1.54) is 4.90 Å². The van der Waals surface area contributed by atoms with Gasteiger partial charge in [0.25, 0.3) is 17.7 Å². The first-order valence-electron chi connectivity index (χ1n) is 12.6. The first-order chi connectivity index (χ1) is 16.4. The van der Waals surface area contributed by atoms with Crippen LogP contribution in [-0.4, -0.2) is 83.8 Å². The smallest absolute Gasteiger partial charge is 0.261 e. The Labute approximate surface area is 200 Å². The van der Waals surface area contributed by atoms with Gasteiger partial charge in [0.05, 0.1) is 23.8 Å². The molecule has 1 aromatic carbocycles. The number of amides is 4. The molecule has 1 unspecified atom stereocenters. The molecule has 5 rings (SSSR count). The van der Waals surface area contributed by atoms with Gasteiger partial charge >= 0.3 is 0 Å². The molecule has 182 valence electrons. The summed E-state index contributed by atoms with van der Waals surface area (Å²) in [4.78, 5) is 56.7. The molecule has 1 atom stereocenters. The molecule has 1 aromatic rings. The number of piperidine rings is 2. The Morgan fingerprint density at radius 2 is 1.59 bits per heavy atom. The van der Waals surface area contributed by atoms with Gasteiger partial charge in [-0.05, 0) is 62.6 Å².